The molecule has 0 atom stereocenters. The van der Waals surface area contributed by atoms with E-state index in [0.717, 1.165) is 18.5 Å². The summed E-state index contributed by atoms with van der Waals surface area (Å²) in [7, 11) is 3.12. The van der Waals surface area contributed by atoms with Gasteiger partial charge in [0.2, 0.25) is 5.91 Å². The first-order valence-corrected chi connectivity index (χ1v) is 8.50. The van der Waals surface area contributed by atoms with Gasteiger partial charge in [-0.25, -0.2) is 0 Å². The van der Waals surface area contributed by atoms with Gasteiger partial charge in [0.1, 0.15) is 11.5 Å². The normalized spacial score (nSPS) is 13.6. The Morgan fingerprint density at radius 2 is 1.73 bits per heavy atom. The number of benzene rings is 2. The smallest absolute Gasteiger partial charge is 0.255 e. The number of hydrogen-bond donors (Lipinski definition) is 1. The van der Waals surface area contributed by atoms with E-state index in [1.54, 1.807) is 44.6 Å². The van der Waals surface area contributed by atoms with Crippen molar-refractivity contribution in [3.8, 4) is 11.5 Å². The molecule has 0 radical (unpaired) electrons. The highest BCUT2D eigenvalue weighted by Gasteiger charge is 2.20. The molecule has 26 heavy (non-hydrogen) atoms. The maximum Gasteiger partial charge on any atom is 0.255 e. The highest BCUT2D eigenvalue weighted by Crippen LogP contribution is 2.26. The van der Waals surface area contributed by atoms with Gasteiger partial charge < -0.3 is 19.7 Å². The molecule has 0 spiro atoms. The fourth-order valence-corrected chi connectivity index (χ4v) is 2.94. The van der Waals surface area contributed by atoms with Crippen LogP contribution in [0, 0.1) is 0 Å². The number of hydrogen-bond acceptors (Lipinski definition) is 4. The summed E-state index contributed by atoms with van der Waals surface area (Å²) in [4.78, 5) is 26.0. The SMILES string of the molecule is COc1cc(NC(=O)c2ccc(CN3CCCC3=O)cc2)cc(OC)c1. The summed E-state index contributed by atoms with van der Waals surface area (Å²) in [6.07, 6.45) is 1.55. The Morgan fingerprint density at radius 3 is 2.27 bits per heavy atom. The zero-order chi connectivity index (χ0) is 18.5. The molecule has 1 aliphatic rings. The number of nitrogens with one attached hydrogen (secondary N) is 1. The molecule has 2 amide bonds. The molecule has 0 bridgehead atoms. The standard InChI is InChI=1S/C20H22N2O4/c1-25-17-10-16(11-18(12-17)26-2)21-20(24)15-7-5-14(6-8-15)13-22-9-3-4-19(22)23/h5-8,10-12H,3-4,9,13H2,1-2H3,(H,21,24). The van der Waals surface area contributed by atoms with E-state index in [4.69, 9.17) is 9.47 Å². The highest BCUT2D eigenvalue weighted by molar-refractivity contribution is 6.04. The third-order valence-electron chi connectivity index (χ3n) is 4.37. The van der Waals surface area contributed by atoms with E-state index < -0.39 is 0 Å². The lowest BCUT2D eigenvalue weighted by atomic mass is 10.1. The molecule has 6 nitrogen and oxygen atoms in total. The quantitative estimate of drug-likeness (QED) is 0.866. The molecule has 1 fully saturated rings. The van der Waals surface area contributed by atoms with Crippen LogP contribution in [-0.2, 0) is 11.3 Å². The molecule has 1 aliphatic heterocycles. The van der Waals surface area contributed by atoms with E-state index in [0.29, 0.717) is 35.7 Å². The van der Waals surface area contributed by atoms with Gasteiger partial charge in [-0.3, -0.25) is 9.59 Å². The average Bonchev–Trinajstić information content (AvgIpc) is 3.06. The van der Waals surface area contributed by atoms with Crippen LogP contribution in [0.15, 0.2) is 42.5 Å². The van der Waals surface area contributed by atoms with Crippen LogP contribution in [0.1, 0.15) is 28.8 Å². The lowest BCUT2D eigenvalue weighted by Crippen LogP contribution is -2.23. The zero-order valence-electron chi connectivity index (χ0n) is 15.0. The Labute approximate surface area is 152 Å². The van der Waals surface area contributed by atoms with E-state index in [2.05, 4.69) is 5.32 Å². The molecule has 1 N–H and O–H groups in total. The van der Waals surface area contributed by atoms with Crippen molar-refractivity contribution in [2.24, 2.45) is 0 Å². The Bertz CT molecular complexity index is 780. The van der Waals surface area contributed by atoms with Gasteiger partial charge in [-0.2, -0.15) is 0 Å². The summed E-state index contributed by atoms with van der Waals surface area (Å²) in [5.74, 6) is 1.18. The second-order valence-electron chi connectivity index (χ2n) is 6.17. The van der Waals surface area contributed by atoms with Crippen LogP contribution in [-0.4, -0.2) is 37.5 Å². The molecule has 1 saturated heterocycles. The highest BCUT2D eigenvalue weighted by atomic mass is 16.5. The molecule has 136 valence electrons. The zero-order valence-corrected chi connectivity index (χ0v) is 15.0. The van der Waals surface area contributed by atoms with E-state index in [9.17, 15) is 9.59 Å². The number of ether oxygens (including phenoxy) is 2. The Kier molecular flexibility index (Phi) is 5.41. The topological polar surface area (TPSA) is 67.9 Å². The monoisotopic (exact) mass is 354 g/mol. The lowest BCUT2D eigenvalue weighted by molar-refractivity contribution is -0.128. The third-order valence-corrected chi connectivity index (χ3v) is 4.37. The Morgan fingerprint density at radius 1 is 1.08 bits per heavy atom. The second-order valence-corrected chi connectivity index (χ2v) is 6.17. The molecule has 2 aromatic carbocycles. The first-order chi connectivity index (χ1) is 12.6. The number of methoxy groups -OCH3 is 2. The van der Waals surface area contributed by atoms with Crippen molar-refractivity contribution in [1.82, 2.24) is 4.90 Å². The van der Waals surface area contributed by atoms with E-state index in [1.807, 2.05) is 17.0 Å². The Hall–Kier alpha value is -3.02. The molecule has 0 aliphatic carbocycles. The van der Waals surface area contributed by atoms with Crippen LogP contribution in [0.3, 0.4) is 0 Å². The fraction of sp³-hybridized carbons (Fsp3) is 0.300. The van der Waals surface area contributed by atoms with Gasteiger partial charge >= 0.3 is 0 Å². The molecule has 0 saturated carbocycles. The maximum atomic E-state index is 12.5. The van der Waals surface area contributed by atoms with Gasteiger partial charge in [-0.15, -0.1) is 0 Å². The summed E-state index contributed by atoms with van der Waals surface area (Å²) >= 11 is 0. The molecule has 1 heterocycles. The number of amides is 2. The van der Waals surface area contributed by atoms with Gasteiger partial charge in [0.05, 0.1) is 14.2 Å². The molecule has 3 rings (SSSR count). The van der Waals surface area contributed by atoms with Crippen molar-refractivity contribution < 1.29 is 19.1 Å². The maximum absolute atomic E-state index is 12.5. The molecule has 0 unspecified atom stereocenters. The predicted octanol–water partition coefficient (Wildman–Crippen LogP) is 3.08. The number of carbonyl (C=O) groups excluding carboxylic acids is 2. The molecule has 6 heteroatoms. The van der Waals surface area contributed by atoms with Gasteiger partial charge in [0.15, 0.2) is 0 Å². The first-order valence-electron chi connectivity index (χ1n) is 8.50. The molecular weight excluding hydrogens is 332 g/mol. The largest absolute Gasteiger partial charge is 0.497 e. The number of rotatable bonds is 6. The van der Waals surface area contributed by atoms with Crippen LogP contribution in [0.25, 0.3) is 0 Å². The van der Waals surface area contributed by atoms with Gasteiger partial charge in [-0.1, -0.05) is 12.1 Å². The van der Waals surface area contributed by atoms with Crippen molar-refractivity contribution >= 4 is 17.5 Å². The average molecular weight is 354 g/mol. The van der Waals surface area contributed by atoms with Crippen molar-refractivity contribution in [3.05, 3.63) is 53.6 Å². The first kappa shape index (κ1) is 17.8. The minimum absolute atomic E-state index is 0.193. The fourth-order valence-electron chi connectivity index (χ4n) is 2.94. The third kappa shape index (κ3) is 4.14. The second kappa shape index (κ2) is 7.91. The summed E-state index contributed by atoms with van der Waals surface area (Å²) in [5, 5.41) is 2.84. The number of likely N-dealkylation sites (tertiary alicyclic amines) is 1. The van der Waals surface area contributed by atoms with Crippen molar-refractivity contribution in [2.45, 2.75) is 19.4 Å². The van der Waals surface area contributed by atoms with Gasteiger partial charge in [-0.05, 0) is 24.1 Å². The number of nitrogens with zero attached hydrogens (tertiary/aromatic N) is 1. The van der Waals surface area contributed by atoms with Crippen molar-refractivity contribution in [1.29, 1.82) is 0 Å². The van der Waals surface area contributed by atoms with Crippen molar-refractivity contribution in [3.63, 3.8) is 0 Å². The summed E-state index contributed by atoms with van der Waals surface area (Å²) in [6, 6.07) is 12.5. The molecule has 0 aromatic heterocycles. The summed E-state index contributed by atoms with van der Waals surface area (Å²) in [6.45, 7) is 1.40. The van der Waals surface area contributed by atoms with Crippen LogP contribution < -0.4 is 14.8 Å². The van der Waals surface area contributed by atoms with Crippen molar-refractivity contribution in [2.75, 3.05) is 26.1 Å². The van der Waals surface area contributed by atoms with Crippen LogP contribution in [0.2, 0.25) is 0 Å². The summed E-state index contributed by atoms with van der Waals surface area (Å²) in [5.41, 5.74) is 2.15. The van der Waals surface area contributed by atoms with Gasteiger partial charge in [0, 0.05) is 49.0 Å². The van der Waals surface area contributed by atoms with E-state index in [-0.39, 0.29) is 11.8 Å². The number of anilines is 1. The van der Waals surface area contributed by atoms with Crippen LogP contribution in [0.5, 0.6) is 11.5 Å². The minimum atomic E-state index is -0.218. The van der Waals surface area contributed by atoms with Crippen LogP contribution in [0.4, 0.5) is 5.69 Å². The molecule has 2 aromatic rings. The van der Waals surface area contributed by atoms with Gasteiger partial charge in [0.25, 0.3) is 5.91 Å². The van der Waals surface area contributed by atoms with E-state index in [1.165, 1.54) is 0 Å². The number of carbonyl (C=O) groups is 2. The summed E-state index contributed by atoms with van der Waals surface area (Å²) < 4.78 is 10.4. The van der Waals surface area contributed by atoms with E-state index >= 15 is 0 Å². The molecular formula is C20H22N2O4. The predicted molar refractivity (Wildman–Crippen MR) is 98.6 cm³/mol. The minimum Gasteiger partial charge on any atom is -0.497 e. The lowest BCUT2D eigenvalue weighted by Gasteiger charge is -2.15. The Balaban J connectivity index is 1.67. The van der Waals surface area contributed by atoms with Crippen LogP contribution >= 0.6 is 0 Å².